The molecule has 0 spiro atoms. The molecular weight excluding hydrogens is 212 g/mol. The molecule has 1 unspecified atom stereocenters. The van der Waals surface area contributed by atoms with Crippen LogP contribution in [0.1, 0.15) is 44.2 Å². The summed E-state index contributed by atoms with van der Waals surface area (Å²) in [6.07, 6.45) is 5.87. The van der Waals surface area contributed by atoms with Gasteiger partial charge in [0, 0.05) is 30.2 Å². The summed E-state index contributed by atoms with van der Waals surface area (Å²) in [5.41, 5.74) is 8.30. The fourth-order valence-electron chi connectivity index (χ4n) is 2.08. The third-order valence-electron chi connectivity index (χ3n) is 2.97. The summed E-state index contributed by atoms with van der Waals surface area (Å²) in [5.74, 6) is 0. The first kappa shape index (κ1) is 11.9. The zero-order valence-electron chi connectivity index (χ0n) is 10.7. The van der Waals surface area contributed by atoms with Crippen LogP contribution in [-0.2, 0) is 6.54 Å². The lowest BCUT2D eigenvalue weighted by Gasteiger charge is -2.15. The summed E-state index contributed by atoms with van der Waals surface area (Å²) in [6, 6.07) is 4.59. The van der Waals surface area contributed by atoms with E-state index in [1.54, 1.807) is 0 Å². The van der Waals surface area contributed by atoms with E-state index in [0.717, 1.165) is 12.2 Å². The van der Waals surface area contributed by atoms with Crippen molar-refractivity contribution in [3.8, 4) is 0 Å². The van der Waals surface area contributed by atoms with Gasteiger partial charge in [-0.05, 0) is 32.9 Å². The molecule has 1 atom stereocenters. The SMILES string of the molecule is CC(N)c1cccn1Cc1cncn1C(C)C. The van der Waals surface area contributed by atoms with Gasteiger partial charge in [0.1, 0.15) is 0 Å². The van der Waals surface area contributed by atoms with E-state index in [4.69, 9.17) is 5.73 Å². The molecule has 2 aromatic rings. The van der Waals surface area contributed by atoms with Crippen LogP contribution in [0.4, 0.5) is 0 Å². The van der Waals surface area contributed by atoms with Crippen molar-refractivity contribution in [1.29, 1.82) is 0 Å². The molecular formula is C13H20N4. The molecule has 2 heterocycles. The monoisotopic (exact) mass is 232 g/mol. The first-order chi connectivity index (χ1) is 8.09. The molecule has 0 aliphatic heterocycles. The van der Waals surface area contributed by atoms with Crippen LogP contribution in [0.25, 0.3) is 0 Å². The lowest BCUT2D eigenvalue weighted by molar-refractivity contribution is 0.553. The number of aromatic nitrogens is 3. The van der Waals surface area contributed by atoms with E-state index >= 15 is 0 Å². The van der Waals surface area contributed by atoms with E-state index in [1.807, 2.05) is 25.5 Å². The molecule has 4 heteroatoms. The number of nitrogens with zero attached hydrogens (tertiary/aromatic N) is 3. The van der Waals surface area contributed by atoms with Crippen LogP contribution in [0.2, 0.25) is 0 Å². The highest BCUT2D eigenvalue weighted by Crippen LogP contribution is 2.15. The molecule has 2 N–H and O–H groups in total. The maximum atomic E-state index is 5.94. The van der Waals surface area contributed by atoms with Crippen molar-refractivity contribution in [2.24, 2.45) is 5.73 Å². The van der Waals surface area contributed by atoms with Crippen molar-refractivity contribution in [3.63, 3.8) is 0 Å². The van der Waals surface area contributed by atoms with E-state index in [9.17, 15) is 0 Å². The Morgan fingerprint density at radius 2 is 2.12 bits per heavy atom. The van der Waals surface area contributed by atoms with Gasteiger partial charge in [-0.25, -0.2) is 4.98 Å². The highest BCUT2D eigenvalue weighted by molar-refractivity contribution is 5.13. The third kappa shape index (κ3) is 2.42. The van der Waals surface area contributed by atoms with Gasteiger partial charge in [0.25, 0.3) is 0 Å². The van der Waals surface area contributed by atoms with Crippen LogP contribution in [0.5, 0.6) is 0 Å². The topological polar surface area (TPSA) is 48.8 Å². The Labute approximate surface area is 102 Å². The van der Waals surface area contributed by atoms with Crippen molar-refractivity contribution in [2.75, 3.05) is 0 Å². The Bertz CT molecular complexity index is 435. The van der Waals surface area contributed by atoms with Crippen LogP contribution in [0.3, 0.4) is 0 Å². The number of hydrogen-bond donors (Lipinski definition) is 1. The van der Waals surface area contributed by atoms with Crippen molar-refractivity contribution in [1.82, 2.24) is 14.1 Å². The van der Waals surface area contributed by atoms with Crippen LogP contribution in [-0.4, -0.2) is 14.1 Å². The summed E-state index contributed by atoms with van der Waals surface area (Å²) in [5, 5.41) is 0. The number of hydrogen-bond acceptors (Lipinski definition) is 2. The van der Waals surface area contributed by atoms with Gasteiger partial charge in [0.2, 0.25) is 0 Å². The van der Waals surface area contributed by atoms with Gasteiger partial charge in [-0.3, -0.25) is 0 Å². The predicted octanol–water partition coefficient (Wildman–Crippen LogP) is 2.33. The summed E-state index contributed by atoms with van der Waals surface area (Å²) < 4.78 is 4.37. The molecule has 0 amide bonds. The van der Waals surface area contributed by atoms with Gasteiger partial charge in [-0.15, -0.1) is 0 Å². The largest absolute Gasteiger partial charge is 0.344 e. The summed E-state index contributed by atoms with van der Waals surface area (Å²) in [4.78, 5) is 4.22. The molecule has 0 bridgehead atoms. The lowest BCUT2D eigenvalue weighted by Crippen LogP contribution is -2.14. The van der Waals surface area contributed by atoms with Gasteiger partial charge in [-0.1, -0.05) is 0 Å². The maximum absolute atomic E-state index is 5.94. The normalized spacial score (nSPS) is 13.2. The van der Waals surface area contributed by atoms with Crippen LogP contribution < -0.4 is 5.73 Å². The second-order valence-electron chi connectivity index (χ2n) is 4.74. The number of rotatable bonds is 4. The van der Waals surface area contributed by atoms with Gasteiger partial charge in [0.05, 0.1) is 18.6 Å². The molecule has 0 saturated carbocycles. The molecule has 0 aromatic carbocycles. The number of nitrogens with two attached hydrogens (primary N) is 1. The smallest absolute Gasteiger partial charge is 0.0951 e. The molecule has 0 saturated heterocycles. The van der Waals surface area contributed by atoms with Crippen LogP contribution >= 0.6 is 0 Å². The van der Waals surface area contributed by atoms with E-state index in [0.29, 0.717) is 6.04 Å². The van der Waals surface area contributed by atoms with Gasteiger partial charge in [0.15, 0.2) is 0 Å². The second-order valence-corrected chi connectivity index (χ2v) is 4.74. The van der Waals surface area contributed by atoms with Crippen molar-refractivity contribution in [3.05, 3.63) is 42.2 Å². The lowest BCUT2D eigenvalue weighted by atomic mass is 10.2. The zero-order chi connectivity index (χ0) is 12.4. The van der Waals surface area contributed by atoms with Gasteiger partial charge < -0.3 is 14.9 Å². The van der Waals surface area contributed by atoms with E-state index < -0.39 is 0 Å². The Hall–Kier alpha value is -1.55. The van der Waals surface area contributed by atoms with E-state index in [-0.39, 0.29) is 6.04 Å². The minimum absolute atomic E-state index is 0.0559. The van der Waals surface area contributed by atoms with E-state index in [1.165, 1.54) is 5.69 Å². The average Bonchev–Trinajstić information content (AvgIpc) is 2.86. The predicted molar refractivity (Wildman–Crippen MR) is 68.7 cm³/mol. The molecule has 0 aliphatic rings. The molecule has 4 nitrogen and oxygen atoms in total. The molecule has 0 radical (unpaired) electrons. The van der Waals surface area contributed by atoms with Crippen LogP contribution in [0, 0.1) is 0 Å². The summed E-state index contributed by atoms with van der Waals surface area (Å²) in [7, 11) is 0. The quantitative estimate of drug-likeness (QED) is 0.879. The average molecular weight is 232 g/mol. The van der Waals surface area contributed by atoms with Crippen molar-refractivity contribution in [2.45, 2.75) is 39.4 Å². The standard InChI is InChI=1S/C13H20N4/c1-10(2)17-9-15-7-12(17)8-16-6-4-5-13(16)11(3)14/h4-7,9-11H,8,14H2,1-3H3. The number of imidazole rings is 1. The second kappa shape index (κ2) is 4.75. The Morgan fingerprint density at radius 3 is 2.76 bits per heavy atom. The fourth-order valence-corrected chi connectivity index (χ4v) is 2.08. The third-order valence-corrected chi connectivity index (χ3v) is 2.97. The molecule has 2 rings (SSSR count). The highest BCUT2D eigenvalue weighted by Gasteiger charge is 2.09. The van der Waals surface area contributed by atoms with Gasteiger partial charge in [-0.2, -0.15) is 0 Å². The highest BCUT2D eigenvalue weighted by atomic mass is 15.1. The molecule has 0 aliphatic carbocycles. The first-order valence-electron chi connectivity index (χ1n) is 6.01. The minimum atomic E-state index is 0.0559. The van der Waals surface area contributed by atoms with E-state index in [2.05, 4.69) is 40.2 Å². The molecule has 17 heavy (non-hydrogen) atoms. The summed E-state index contributed by atoms with van der Waals surface area (Å²) >= 11 is 0. The molecule has 0 fully saturated rings. The Kier molecular flexibility index (Phi) is 3.33. The Morgan fingerprint density at radius 1 is 1.35 bits per heavy atom. The molecule has 92 valence electrons. The zero-order valence-corrected chi connectivity index (χ0v) is 10.7. The maximum Gasteiger partial charge on any atom is 0.0951 e. The minimum Gasteiger partial charge on any atom is -0.344 e. The van der Waals surface area contributed by atoms with Gasteiger partial charge >= 0.3 is 0 Å². The fraction of sp³-hybridized carbons (Fsp3) is 0.462. The van der Waals surface area contributed by atoms with Crippen molar-refractivity contribution >= 4 is 0 Å². The van der Waals surface area contributed by atoms with Crippen molar-refractivity contribution < 1.29 is 0 Å². The summed E-state index contributed by atoms with van der Waals surface area (Å²) in [6.45, 7) is 7.15. The van der Waals surface area contributed by atoms with Crippen LogP contribution in [0.15, 0.2) is 30.9 Å². The Balaban J connectivity index is 2.25. The first-order valence-corrected chi connectivity index (χ1v) is 6.01. The molecule has 2 aromatic heterocycles.